The minimum absolute atomic E-state index is 0.812. The summed E-state index contributed by atoms with van der Waals surface area (Å²) < 4.78 is 0. The molecule has 0 aliphatic carbocycles. The summed E-state index contributed by atoms with van der Waals surface area (Å²) in [7, 11) is 0. The maximum Gasteiger partial charge on any atom is 0.0948 e. The summed E-state index contributed by atoms with van der Waals surface area (Å²) in [6.45, 7) is 0. The van der Waals surface area contributed by atoms with E-state index in [2.05, 4.69) is 20.6 Å². The Labute approximate surface area is 68.6 Å². The Balaban J connectivity index is 2.80. The van der Waals surface area contributed by atoms with Gasteiger partial charge < -0.3 is 0 Å². The normalized spacial score (nSPS) is 19.2. The molecule has 1 aromatic carbocycles. The van der Waals surface area contributed by atoms with E-state index in [0.717, 1.165) is 10.6 Å². The van der Waals surface area contributed by atoms with Crippen molar-refractivity contribution in [2.45, 2.75) is 0 Å². The zero-order chi connectivity index (χ0) is 8.23. The van der Waals surface area contributed by atoms with Gasteiger partial charge in [-0.1, -0.05) is 18.2 Å². The van der Waals surface area contributed by atoms with Gasteiger partial charge in [-0.05, 0) is 22.6 Å². The second-order valence-corrected chi connectivity index (χ2v) is 2.27. The third-order valence-corrected chi connectivity index (χ3v) is 1.50. The van der Waals surface area contributed by atoms with E-state index in [1.165, 1.54) is 0 Å². The van der Waals surface area contributed by atoms with Crippen molar-refractivity contribution >= 4 is 12.3 Å². The average Bonchev–Trinajstić information content (AvgIpc) is 2.06. The lowest BCUT2D eigenvalue weighted by Crippen LogP contribution is -2.23. The molecule has 1 heterocycles. The minimum Gasteiger partial charge on any atom is -0.137 e. The standard InChI is InChI=1S/C8H6N4/c1-2-4-8-7(3-1)5-6-9-11-12-10-8/h1-6H/b6-5?,7-5?,9-6?,10-8-,11-9?,12-10?,12-11-. The molecule has 0 fully saturated rings. The number of hydrogen-bond donors (Lipinski definition) is 0. The first kappa shape index (κ1) is 6.84. The van der Waals surface area contributed by atoms with Gasteiger partial charge in [-0.15, -0.1) is 10.2 Å². The SMILES string of the molecule is C1=N/N=N\N=c2\ccccc2=C1. The molecule has 0 amide bonds. The Bertz CT molecular complexity index is 401. The molecule has 0 aromatic heterocycles. The summed E-state index contributed by atoms with van der Waals surface area (Å²) in [4.78, 5) is 0. The first-order chi connectivity index (χ1) is 5.97. The summed E-state index contributed by atoms with van der Waals surface area (Å²) in [5, 5.41) is 16.2. The second-order valence-electron chi connectivity index (χ2n) is 2.27. The first-order valence-corrected chi connectivity index (χ1v) is 3.53. The lowest BCUT2D eigenvalue weighted by Gasteiger charge is -1.86. The van der Waals surface area contributed by atoms with E-state index < -0.39 is 0 Å². The summed E-state index contributed by atoms with van der Waals surface area (Å²) >= 11 is 0. The van der Waals surface area contributed by atoms with E-state index in [9.17, 15) is 0 Å². The van der Waals surface area contributed by atoms with Crippen molar-refractivity contribution in [3.8, 4) is 0 Å². The van der Waals surface area contributed by atoms with Crippen LogP contribution in [0.2, 0.25) is 0 Å². The van der Waals surface area contributed by atoms with E-state index in [-0.39, 0.29) is 0 Å². The van der Waals surface area contributed by atoms with Crippen molar-refractivity contribution in [3.63, 3.8) is 0 Å². The van der Waals surface area contributed by atoms with Gasteiger partial charge in [-0.2, -0.15) is 0 Å². The van der Waals surface area contributed by atoms with Gasteiger partial charge in [0.15, 0.2) is 0 Å². The molecule has 4 heteroatoms. The smallest absolute Gasteiger partial charge is 0.0948 e. The summed E-state index contributed by atoms with van der Waals surface area (Å²) in [5.41, 5.74) is 0. The van der Waals surface area contributed by atoms with Crippen molar-refractivity contribution in [2.24, 2.45) is 20.6 Å². The number of fused-ring (bicyclic) bond motifs is 1. The van der Waals surface area contributed by atoms with Gasteiger partial charge in [0.25, 0.3) is 0 Å². The van der Waals surface area contributed by atoms with Gasteiger partial charge in [-0.3, -0.25) is 0 Å². The zero-order valence-electron chi connectivity index (χ0n) is 6.25. The fourth-order valence-electron chi connectivity index (χ4n) is 0.954. The molecule has 0 atom stereocenters. The van der Waals surface area contributed by atoms with Crippen LogP contribution in [0.1, 0.15) is 0 Å². The molecule has 0 bridgehead atoms. The van der Waals surface area contributed by atoms with Crippen molar-refractivity contribution in [1.82, 2.24) is 0 Å². The monoisotopic (exact) mass is 158 g/mol. The molecule has 12 heavy (non-hydrogen) atoms. The second kappa shape index (κ2) is 3.04. The molecule has 0 N–H and O–H groups in total. The Hall–Kier alpha value is -1.84. The third kappa shape index (κ3) is 1.27. The van der Waals surface area contributed by atoms with Crippen LogP contribution in [0.5, 0.6) is 0 Å². The lowest BCUT2D eigenvalue weighted by atomic mass is 10.3. The maximum atomic E-state index is 3.86. The van der Waals surface area contributed by atoms with Gasteiger partial charge in [0.05, 0.1) is 11.6 Å². The van der Waals surface area contributed by atoms with E-state index >= 15 is 0 Å². The van der Waals surface area contributed by atoms with E-state index in [1.807, 2.05) is 30.3 Å². The van der Waals surface area contributed by atoms with Crippen LogP contribution in [0.4, 0.5) is 0 Å². The number of hydrogen-bond acceptors (Lipinski definition) is 4. The minimum atomic E-state index is 0.812. The van der Waals surface area contributed by atoms with Crippen LogP contribution in [-0.4, -0.2) is 6.21 Å². The number of nitrogens with zero attached hydrogens (tertiary/aromatic N) is 4. The Morgan fingerprint density at radius 3 is 2.92 bits per heavy atom. The summed E-state index contributed by atoms with van der Waals surface area (Å²) in [6.07, 6.45) is 3.44. The predicted octanol–water partition coefficient (Wildman–Crippen LogP) is 0.453. The fraction of sp³-hybridized carbons (Fsp3) is 0. The van der Waals surface area contributed by atoms with E-state index in [1.54, 1.807) is 6.21 Å². The highest BCUT2D eigenvalue weighted by Crippen LogP contribution is 1.79. The molecule has 1 aromatic rings. The molecule has 0 unspecified atom stereocenters. The van der Waals surface area contributed by atoms with Crippen LogP contribution in [0.25, 0.3) is 6.08 Å². The first-order valence-electron chi connectivity index (χ1n) is 3.53. The van der Waals surface area contributed by atoms with Crippen LogP contribution in [0, 0.1) is 0 Å². The molecule has 4 nitrogen and oxygen atoms in total. The van der Waals surface area contributed by atoms with Crippen LogP contribution in [0.15, 0.2) is 44.9 Å². The Morgan fingerprint density at radius 1 is 1.00 bits per heavy atom. The maximum absolute atomic E-state index is 3.86. The van der Waals surface area contributed by atoms with Gasteiger partial charge in [0.2, 0.25) is 0 Å². The number of benzene rings is 1. The highest BCUT2D eigenvalue weighted by Gasteiger charge is 1.84. The van der Waals surface area contributed by atoms with Crippen LogP contribution in [-0.2, 0) is 0 Å². The quantitative estimate of drug-likeness (QED) is 0.526. The fourth-order valence-corrected chi connectivity index (χ4v) is 0.954. The Morgan fingerprint density at radius 2 is 1.92 bits per heavy atom. The molecule has 0 saturated carbocycles. The van der Waals surface area contributed by atoms with Gasteiger partial charge >= 0.3 is 0 Å². The summed E-state index contributed by atoms with van der Waals surface area (Å²) in [6, 6.07) is 7.68. The topological polar surface area (TPSA) is 49.4 Å². The largest absolute Gasteiger partial charge is 0.137 e. The van der Waals surface area contributed by atoms with Crippen molar-refractivity contribution in [3.05, 3.63) is 34.8 Å². The average molecular weight is 158 g/mol. The Kier molecular flexibility index (Phi) is 1.74. The van der Waals surface area contributed by atoms with Crippen LogP contribution >= 0.6 is 0 Å². The predicted molar refractivity (Wildman–Crippen MR) is 45.0 cm³/mol. The highest BCUT2D eigenvalue weighted by molar-refractivity contribution is 5.90. The van der Waals surface area contributed by atoms with Gasteiger partial charge in [-0.25, -0.2) is 0 Å². The third-order valence-electron chi connectivity index (χ3n) is 1.50. The highest BCUT2D eigenvalue weighted by atomic mass is 15.5. The van der Waals surface area contributed by atoms with Crippen molar-refractivity contribution < 1.29 is 0 Å². The summed E-state index contributed by atoms with van der Waals surface area (Å²) in [5.74, 6) is 0. The molecule has 2 rings (SSSR count). The van der Waals surface area contributed by atoms with Gasteiger partial charge in [0, 0.05) is 5.22 Å². The molecule has 0 radical (unpaired) electrons. The zero-order valence-corrected chi connectivity index (χ0v) is 6.25. The van der Waals surface area contributed by atoms with E-state index in [4.69, 9.17) is 0 Å². The molecule has 1 aliphatic rings. The van der Waals surface area contributed by atoms with E-state index in [0.29, 0.717) is 0 Å². The number of rotatable bonds is 0. The molecule has 1 aliphatic heterocycles. The van der Waals surface area contributed by atoms with Crippen molar-refractivity contribution in [1.29, 1.82) is 0 Å². The molecular formula is C8H6N4. The van der Waals surface area contributed by atoms with Gasteiger partial charge in [0.1, 0.15) is 0 Å². The van der Waals surface area contributed by atoms with Crippen LogP contribution < -0.4 is 10.6 Å². The molecular weight excluding hydrogens is 152 g/mol. The molecule has 0 spiro atoms. The van der Waals surface area contributed by atoms with Crippen LogP contribution in [0.3, 0.4) is 0 Å². The van der Waals surface area contributed by atoms with Crippen molar-refractivity contribution in [2.75, 3.05) is 0 Å². The lowest BCUT2D eigenvalue weighted by molar-refractivity contribution is 0.923. The molecule has 58 valence electrons. The molecule has 0 saturated heterocycles.